The Hall–Kier alpha value is -1.98. The van der Waals surface area contributed by atoms with Crippen molar-refractivity contribution in [3.63, 3.8) is 0 Å². The maximum Gasteiger partial charge on any atom is 0.272 e. The molecule has 0 saturated carbocycles. The third kappa shape index (κ3) is 7.01. The van der Waals surface area contributed by atoms with Crippen LogP contribution in [0.2, 0.25) is 5.02 Å². The smallest absolute Gasteiger partial charge is 0.272 e. The number of nitro benzene ring substituents is 1. The van der Waals surface area contributed by atoms with Crippen molar-refractivity contribution in [1.82, 2.24) is 10.3 Å². The van der Waals surface area contributed by atoms with Gasteiger partial charge in [0.1, 0.15) is 5.52 Å². The molecular weight excluding hydrogens is 504 g/mol. The van der Waals surface area contributed by atoms with Gasteiger partial charge in [0.2, 0.25) is 5.13 Å². The van der Waals surface area contributed by atoms with Crippen LogP contribution < -0.4 is 22.3 Å². The molecule has 0 spiro atoms. The summed E-state index contributed by atoms with van der Waals surface area (Å²) < 4.78 is 1.52. The standard InChI is InChI=1S/C20H24ClN6O2S.BrH/c1-13(22-9-10-27(2,3)4)14-5-7-15(8-6-14)24-25-20-23-19-17(21)11-16(26(28)29)12-18(19)30-20;/h5-8,11-13,22H,9-10H2,1-4H3;1H/q+1;/p-1. The van der Waals surface area contributed by atoms with E-state index in [0.717, 1.165) is 17.6 Å². The van der Waals surface area contributed by atoms with Crippen molar-refractivity contribution < 1.29 is 26.4 Å². The van der Waals surface area contributed by atoms with E-state index in [1.54, 1.807) is 0 Å². The molecule has 1 aromatic heterocycles. The Bertz CT molecular complexity index is 1080. The van der Waals surface area contributed by atoms with Gasteiger partial charge in [0.15, 0.2) is 0 Å². The van der Waals surface area contributed by atoms with Gasteiger partial charge in [-0.1, -0.05) is 35.1 Å². The zero-order valence-corrected chi connectivity index (χ0v) is 20.8. The van der Waals surface area contributed by atoms with E-state index in [1.807, 2.05) is 24.3 Å². The molecule has 31 heavy (non-hydrogen) atoms. The largest absolute Gasteiger partial charge is 1.00 e. The van der Waals surface area contributed by atoms with E-state index in [2.05, 4.69) is 48.6 Å². The molecule has 0 aliphatic carbocycles. The lowest BCUT2D eigenvalue weighted by molar-refractivity contribution is -0.869. The second kappa shape index (κ2) is 10.6. The number of fused-ring (bicyclic) bond motifs is 1. The quantitative estimate of drug-likeness (QED) is 0.211. The third-order valence-electron chi connectivity index (χ3n) is 4.51. The minimum atomic E-state index is -0.480. The number of non-ortho nitro benzene ring substituents is 1. The van der Waals surface area contributed by atoms with E-state index >= 15 is 0 Å². The Balaban J connectivity index is 0.00000341. The van der Waals surface area contributed by atoms with Gasteiger partial charge >= 0.3 is 0 Å². The minimum Gasteiger partial charge on any atom is -1.00 e. The summed E-state index contributed by atoms with van der Waals surface area (Å²) in [7, 11) is 6.52. The van der Waals surface area contributed by atoms with Crippen molar-refractivity contribution in [3.8, 4) is 0 Å². The average Bonchev–Trinajstić information content (AvgIpc) is 3.09. The van der Waals surface area contributed by atoms with Gasteiger partial charge in [-0.15, -0.1) is 10.2 Å². The number of hydrogen-bond donors (Lipinski definition) is 1. The van der Waals surface area contributed by atoms with Crippen LogP contribution in [0.15, 0.2) is 46.6 Å². The van der Waals surface area contributed by atoms with Gasteiger partial charge in [0.05, 0.1) is 48.0 Å². The normalized spacial score (nSPS) is 12.8. The number of rotatable bonds is 8. The first-order valence-electron chi connectivity index (χ1n) is 9.42. The first-order chi connectivity index (χ1) is 14.1. The summed E-state index contributed by atoms with van der Waals surface area (Å²) >= 11 is 7.31. The van der Waals surface area contributed by atoms with Crippen LogP contribution in [0.5, 0.6) is 0 Å². The monoisotopic (exact) mass is 526 g/mol. The summed E-state index contributed by atoms with van der Waals surface area (Å²) in [4.78, 5) is 14.8. The fraction of sp³-hybridized carbons (Fsp3) is 0.350. The Labute approximate surface area is 200 Å². The highest BCUT2D eigenvalue weighted by Gasteiger charge is 2.14. The number of hydrogen-bond acceptors (Lipinski definition) is 7. The minimum absolute atomic E-state index is 0. The second-order valence-corrected chi connectivity index (χ2v) is 9.43. The number of benzene rings is 2. The molecule has 3 rings (SSSR count). The van der Waals surface area contributed by atoms with E-state index in [1.165, 1.54) is 29.0 Å². The van der Waals surface area contributed by atoms with Crippen molar-refractivity contribution in [3.05, 3.63) is 57.1 Å². The molecule has 11 heteroatoms. The predicted octanol–water partition coefficient (Wildman–Crippen LogP) is 2.63. The molecular formula is C20H24BrClN6O2S. The van der Waals surface area contributed by atoms with Gasteiger partial charge in [0, 0.05) is 24.7 Å². The average molecular weight is 528 g/mol. The van der Waals surface area contributed by atoms with Crippen LogP contribution >= 0.6 is 22.9 Å². The van der Waals surface area contributed by atoms with E-state index < -0.39 is 4.92 Å². The summed E-state index contributed by atoms with van der Waals surface area (Å²) in [5, 5.41) is 23.5. The van der Waals surface area contributed by atoms with Crippen LogP contribution in [-0.4, -0.2) is 48.6 Å². The zero-order valence-electron chi connectivity index (χ0n) is 17.7. The van der Waals surface area contributed by atoms with E-state index in [0.29, 0.717) is 21.0 Å². The fourth-order valence-electron chi connectivity index (χ4n) is 2.78. The summed E-state index contributed by atoms with van der Waals surface area (Å²) in [5.41, 5.74) is 2.30. The van der Waals surface area contributed by atoms with Crippen LogP contribution in [0, 0.1) is 10.1 Å². The number of thiazole rings is 1. The number of nitrogens with zero attached hydrogens (tertiary/aromatic N) is 5. The Morgan fingerprint density at radius 2 is 1.90 bits per heavy atom. The van der Waals surface area contributed by atoms with Gasteiger partial charge in [0.25, 0.3) is 5.69 Å². The number of quaternary nitrogens is 1. The topological polar surface area (TPSA) is 92.8 Å². The van der Waals surface area contributed by atoms with Gasteiger partial charge in [-0.25, -0.2) is 4.98 Å². The van der Waals surface area contributed by atoms with Crippen LogP contribution in [0.3, 0.4) is 0 Å². The maximum absolute atomic E-state index is 11.0. The molecule has 0 fully saturated rings. The molecule has 166 valence electrons. The van der Waals surface area contributed by atoms with Crippen LogP contribution in [0.4, 0.5) is 16.5 Å². The SMILES string of the molecule is CC(NCC[N+](C)(C)C)c1ccc(N=Nc2nc3c(Cl)cc([N+](=O)[O-])cc3s2)cc1.[Br-]. The summed E-state index contributed by atoms with van der Waals surface area (Å²) in [6.45, 7) is 4.12. The van der Waals surface area contributed by atoms with Crippen molar-refractivity contribution in [2.75, 3.05) is 34.2 Å². The van der Waals surface area contributed by atoms with Gasteiger partial charge in [-0.3, -0.25) is 10.1 Å². The molecule has 0 aliphatic rings. The molecule has 3 aromatic rings. The number of nitro groups is 1. The van der Waals surface area contributed by atoms with Crippen molar-refractivity contribution in [1.29, 1.82) is 0 Å². The van der Waals surface area contributed by atoms with Gasteiger partial charge in [-0.2, -0.15) is 0 Å². The number of likely N-dealkylation sites (N-methyl/N-ethyl adjacent to an activating group) is 1. The van der Waals surface area contributed by atoms with Gasteiger partial charge < -0.3 is 26.8 Å². The summed E-state index contributed by atoms with van der Waals surface area (Å²) in [6.07, 6.45) is 0. The molecule has 2 aromatic carbocycles. The Kier molecular flexibility index (Phi) is 8.61. The highest BCUT2D eigenvalue weighted by molar-refractivity contribution is 7.22. The van der Waals surface area contributed by atoms with Crippen molar-refractivity contribution in [2.45, 2.75) is 13.0 Å². The van der Waals surface area contributed by atoms with Crippen LogP contribution in [0.1, 0.15) is 18.5 Å². The van der Waals surface area contributed by atoms with E-state index in [4.69, 9.17) is 11.6 Å². The predicted molar refractivity (Wildman–Crippen MR) is 121 cm³/mol. The third-order valence-corrected chi connectivity index (χ3v) is 5.68. The molecule has 1 N–H and O–H groups in total. The lowest BCUT2D eigenvalue weighted by Crippen LogP contribution is -3.00. The van der Waals surface area contributed by atoms with Crippen LogP contribution in [0.25, 0.3) is 10.2 Å². The summed E-state index contributed by atoms with van der Waals surface area (Å²) in [6, 6.07) is 10.8. The van der Waals surface area contributed by atoms with E-state index in [9.17, 15) is 10.1 Å². The molecule has 0 aliphatic heterocycles. The zero-order chi connectivity index (χ0) is 21.9. The first kappa shape index (κ1) is 25.3. The highest BCUT2D eigenvalue weighted by atomic mass is 79.9. The lowest BCUT2D eigenvalue weighted by atomic mass is 10.1. The van der Waals surface area contributed by atoms with Crippen LogP contribution in [-0.2, 0) is 0 Å². The molecule has 0 amide bonds. The number of halogens is 2. The molecule has 1 unspecified atom stereocenters. The lowest BCUT2D eigenvalue weighted by Gasteiger charge is -2.25. The van der Waals surface area contributed by atoms with Gasteiger partial charge in [-0.05, 0) is 24.6 Å². The first-order valence-corrected chi connectivity index (χ1v) is 10.6. The van der Waals surface area contributed by atoms with E-state index in [-0.39, 0.29) is 33.7 Å². The molecule has 8 nitrogen and oxygen atoms in total. The highest BCUT2D eigenvalue weighted by Crippen LogP contribution is 2.36. The number of aromatic nitrogens is 1. The second-order valence-electron chi connectivity index (χ2n) is 8.01. The van der Waals surface area contributed by atoms with Crippen molar-refractivity contribution >= 4 is 49.7 Å². The number of azo groups is 1. The Morgan fingerprint density at radius 3 is 2.52 bits per heavy atom. The Morgan fingerprint density at radius 1 is 1.23 bits per heavy atom. The number of nitrogens with one attached hydrogen (secondary N) is 1. The molecule has 0 bridgehead atoms. The molecule has 1 heterocycles. The fourth-order valence-corrected chi connectivity index (χ4v) is 3.94. The molecule has 0 saturated heterocycles. The molecule has 1 atom stereocenters. The maximum atomic E-state index is 11.0. The van der Waals surface area contributed by atoms with Crippen molar-refractivity contribution in [2.24, 2.45) is 10.2 Å². The molecule has 0 radical (unpaired) electrons. The summed E-state index contributed by atoms with van der Waals surface area (Å²) in [5.74, 6) is 0.